The van der Waals surface area contributed by atoms with Gasteiger partial charge in [-0.15, -0.1) is 0 Å². The molecule has 0 aliphatic rings. The zero-order chi connectivity index (χ0) is 18.0. The molecule has 3 N–H and O–H groups in total. The fourth-order valence-electron chi connectivity index (χ4n) is 2.48. The Labute approximate surface area is 143 Å². The Morgan fingerprint density at radius 2 is 2.08 bits per heavy atom. The lowest BCUT2D eigenvalue weighted by atomic mass is 10.0. The highest BCUT2D eigenvalue weighted by molar-refractivity contribution is 6.34. The van der Waals surface area contributed by atoms with Gasteiger partial charge in [0.2, 0.25) is 0 Å². The largest absolute Gasteiger partial charge is 0.491 e. The number of nitrogen functional groups attached to an aromatic ring is 1. The van der Waals surface area contributed by atoms with Gasteiger partial charge in [-0.25, -0.2) is 9.48 Å². The number of hydrogen-bond acceptors (Lipinski definition) is 6. The first-order chi connectivity index (χ1) is 11.4. The van der Waals surface area contributed by atoms with Crippen LogP contribution in [0.2, 0.25) is 5.02 Å². The van der Waals surface area contributed by atoms with E-state index >= 15 is 0 Å². The molecule has 24 heavy (non-hydrogen) atoms. The van der Waals surface area contributed by atoms with E-state index in [1.165, 1.54) is 18.9 Å². The maximum absolute atomic E-state index is 11.9. The van der Waals surface area contributed by atoms with Gasteiger partial charge in [0.1, 0.15) is 11.5 Å². The minimum absolute atomic E-state index is 0.00910. The van der Waals surface area contributed by atoms with Crippen molar-refractivity contribution in [2.45, 2.75) is 13.3 Å². The molecular weight excluding hydrogens is 336 g/mol. The zero-order valence-corrected chi connectivity index (χ0v) is 14.0. The van der Waals surface area contributed by atoms with Gasteiger partial charge in [0.25, 0.3) is 0 Å². The first-order valence-corrected chi connectivity index (χ1v) is 7.14. The number of ether oxygens (including phenoxy) is 2. The Kier molecular flexibility index (Phi) is 4.85. The molecule has 0 saturated heterocycles. The van der Waals surface area contributed by atoms with Crippen molar-refractivity contribution in [3.63, 3.8) is 0 Å². The summed E-state index contributed by atoms with van der Waals surface area (Å²) in [5.41, 5.74) is 6.32. The summed E-state index contributed by atoms with van der Waals surface area (Å²) in [7, 11) is 2.73. The van der Waals surface area contributed by atoms with E-state index in [4.69, 9.17) is 32.1 Å². The van der Waals surface area contributed by atoms with Crippen LogP contribution in [0.3, 0.4) is 0 Å². The second-order valence-corrected chi connectivity index (χ2v) is 5.22. The van der Waals surface area contributed by atoms with Gasteiger partial charge in [-0.05, 0) is 6.92 Å². The highest BCUT2D eigenvalue weighted by atomic mass is 35.5. The number of aromatic nitrogens is 2. The molecule has 2 rings (SSSR count). The zero-order valence-electron chi connectivity index (χ0n) is 13.3. The van der Waals surface area contributed by atoms with E-state index in [1.807, 2.05) is 6.07 Å². The summed E-state index contributed by atoms with van der Waals surface area (Å²) in [5, 5.41) is 22.9. The van der Waals surface area contributed by atoms with Crippen molar-refractivity contribution in [3.05, 3.63) is 27.9 Å². The maximum Gasteiger partial charge on any atom is 0.338 e. The summed E-state index contributed by atoms with van der Waals surface area (Å²) in [4.78, 5) is 11.9. The SMILES string of the molecule is COc1c(Cl)c(CC#N)c(C(=O)O)c(-n2nc(N)cc2C)c1OC. The number of methoxy groups -OCH3 is 2. The summed E-state index contributed by atoms with van der Waals surface area (Å²) >= 11 is 6.25. The van der Waals surface area contributed by atoms with Crippen molar-refractivity contribution in [2.24, 2.45) is 0 Å². The van der Waals surface area contributed by atoms with E-state index in [0.717, 1.165) is 0 Å². The van der Waals surface area contributed by atoms with E-state index in [0.29, 0.717) is 5.69 Å². The maximum atomic E-state index is 11.9. The number of aryl methyl sites for hydroxylation is 1. The van der Waals surface area contributed by atoms with Crippen LogP contribution in [0.15, 0.2) is 6.07 Å². The Morgan fingerprint density at radius 1 is 1.46 bits per heavy atom. The van der Waals surface area contributed by atoms with Crippen molar-refractivity contribution < 1.29 is 19.4 Å². The number of benzene rings is 1. The summed E-state index contributed by atoms with van der Waals surface area (Å²) < 4.78 is 11.9. The van der Waals surface area contributed by atoms with Gasteiger partial charge in [-0.3, -0.25) is 0 Å². The summed E-state index contributed by atoms with van der Waals surface area (Å²) in [5.74, 6) is -0.848. The van der Waals surface area contributed by atoms with Crippen LogP contribution in [0.5, 0.6) is 11.5 Å². The van der Waals surface area contributed by atoms with Gasteiger partial charge in [0.15, 0.2) is 11.5 Å². The first kappa shape index (κ1) is 17.4. The Morgan fingerprint density at radius 3 is 2.50 bits per heavy atom. The molecule has 0 amide bonds. The molecule has 0 atom stereocenters. The normalized spacial score (nSPS) is 10.3. The Hall–Kier alpha value is -2.92. The summed E-state index contributed by atoms with van der Waals surface area (Å²) in [6.45, 7) is 1.71. The second-order valence-electron chi connectivity index (χ2n) is 4.85. The number of nitriles is 1. The van der Waals surface area contributed by atoms with E-state index in [9.17, 15) is 9.90 Å². The fraction of sp³-hybridized carbons (Fsp3) is 0.267. The third-order valence-corrected chi connectivity index (χ3v) is 3.82. The average Bonchev–Trinajstić information content (AvgIpc) is 2.86. The van der Waals surface area contributed by atoms with Crippen molar-refractivity contribution in [1.29, 1.82) is 5.26 Å². The first-order valence-electron chi connectivity index (χ1n) is 6.76. The van der Waals surface area contributed by atoms with Crippen molar-refractivity contribution in [2.75, 3.05) is 20.0 Å². The van der Waals surface area contributed by atoms with Crippen molar-refractivity contribution >= 4 is 23.4 Å². The Bertz CT molecular complexity index is 854. The predicted octanol–water partition coefficient (Wildman–Crippen LogP) is 2.20. The average molecular weight is 351 g/mol. The molecule has 0 aliphatic heterocycles. The predicted molar refractivity (Wildman–Crippen MR) is 87.1 cm³/mol. The van der Waals surface area contributed by atoms with Crippen LogP contribution in [0.4, 0.5) is 5.82 Å². The quantitative estimate of drug-likeness (QED) is 0.846. The number of aromatic carboxylic acids is 1. The van der Waals surface area contributed by atoms with Crippen molar-refractivity contribution in [3.8, 4) is 23.3 Å². The molecule has 0 saturated carbocycles. The number of nitrogens with two attached hydrogens (primary N) is 1. The van der Waals surface area contributed by atoms with Gasteiger partial charge in [-0.2, -0.15) is 10.4 Å². The van der Waals surface area contributed by atoms with Gasteiger partial charge >= 0.3 is 5.97 Å². The molecule has 1 heterocycles. The van der Waals surface area contributed by atoms with Crippen LogP contribution in [0.1, 0.15) is 21.6 Å². The van der Waals surface area contributed by atoms with Crippen molar-refractivity contribution in [1.82, 2.24) is 9.78 Å². The molecule has 2 aromatic rings. The second kappa shape index (κ2) is 6.68. The number of carboxylic acids is 1. The number of halogens is 1. The molecule has 0 fully saturated rings. The minimum atomic E-state index is -1.27. The standard InChI is InChI=1S/C15H15ClN4O4/c1-7-6-9(18)19-20(7)12-10(15(21)22)8(4-5-17)11(16)13(23-2)14(12)24-3/h6H,4H2,1-3H3,(H2,18,19)(H,21,22). The molecule has 0 aliphatic carbocycles. The third-order valence-electron chi connectivity index (χ3n) is 3.42. The van der Waals surface area contributed by atoms with E-state index < -0.39 is 5.97 Å². The smallest absolute Gasteiger partial charge is 0.338 e. The number of carbonyl (C=O) groups is 1. The van der Waals surface area contributed by atoms with Gasteiger partial charge < -0.3 is 20.3 Å². The minimum Gasteiger partial charge on any atom is -0.491 e. The van der Waals surface area contributed by atoms with Crippen LogP contribution in [0.25, 0.3) is 5.69 Å². The van der Waals surface area contributed by atoms with E-state index in [-0.39, 0.29) is 45.6 Å². The monoisotopic (exact) mass is 350 g/mol. The third kappa shape index (κ3) is 2.70. The molecule has 0 bridgehead atoms. The summed E-state index contributed by atoms with van der Waals surface area (Å²) in [6, 6.07) is 3.49. The summed E-state index contributed by atoms with van der Waals surface area (Å²) in [6.07, 6.45) is -0.219. The number of rotatable bonds is 5. The molecule has 8 nitrogen and oxygen atoms in total. The topological polar surface area (TPSA) is 123 Å². The number of hydrogen-bond donors (Lipinski definition) is 2. The molecule has 9 heteroatoms. The van der Waals surface area contributed by atoms with E-state index in [2.05, 4.69) is 5.10 Å². The molecule has 0 radical (unpaired) electrons. The number of anilines is 1. The van der Waals surface area contributed by atoms with Crippen LogP contribution < -0.4 is 15.2 Å². The Balaban J connectivity index is 3.04. The van der Waals surface area contributed by atoms with Crippen LogP contribution in [-0.4, -0.2) is 35.1 Å². The lowest BCUT2D eigenvalue weighted by molar-refractivity contribution is 0.0695. The van der Waals surface area contributed by atoms with Gasteiger partial charge in [-0.1, -0.05) is 11.6 Å². The van der Waals surface area contributed by atoms with E-state index in [1.54, 1.807) is 13.0 Å². The van der Waals surface area contributed by atoms with Crippen LogP contribution in [0, 0.1) is 18.3 Å². The molecule has 0 spiro atoms. The molecule has 1 aromatic carbocycles. The fourth-order valence-corrected chi connectivity index (χ4v) is 2.81. The van der Waals surface area contributed by atoms with Gasteiger partial charge in [0, 0.05) is 17.3 Å². The number of carboxylic acid groups (broad SMARTS) is 1. The van der Waals surface area contributed by atoms with Gasteiger partial charge in [0.05, 0.1) is 37.3 Å². The van der Waals surface area contributed by atoms with Crippen LogP contribution in [-0.2, 0) is 6.42 Å². The lowest BCUT2D eigenvalue weighted by Crippen LogP contribution is -2.15. The molecule has 0 unspecified atom stereocenters. The highest BCUT2D eigenvalue weighted by Gasteiger charge is 2.30. The molecular formula is C15H15ClN4O4. The number of nitrogens with zero attached hydrogens (tertiary/aromatic N) is 3. The lowest BCUT2D eigenvalue weighted by Gasteiger charge is -2.20. The van der Waals surface area contributed by atoms with Crippen LogP contribution >= 0.6 is 11.6 Å². The molecule has 126 valence electrons. The highest BCUT2D eigenvalue weighted by Crippen LogP contribution is 2.45. The molecule has 1 aromatic heterocycles.